The number of ether oxygens (including phenoxy) is 1. The molecule has 1 saturated heterocycles. The lowest BCUT2D eigenvalue weighted by molar-refractivity contribution is -0.137. The van der Waals surface area contributed by atoms with Crippen molar-refractivity contribution in [1.29, 1.82) is 0 Å². The third kappa shape index (κ3) is 3.60. The molecule has 0 aromatic carbocycles. The number of aromatic nitrogens is 2. The van der Waals surface area contributed by atoms with Gasteiger partial charge in [-0.05, 0) is 19.3 Å². The largest absolute Gasteiger partial charge is 0.473 e. The number of nitrogens with zero attached hydrogens (tertiary/aromatic N) is 3. The van der Waals surface area contributed by atoms with E-state index in [0.29, 0.717) is 11.8 Å². The van der Waals surface area contributed by atoms with Gasteiger partial charge in [-0.1, -0.05) is 12.2 Å². The van der Waals surface area contributed by atoms with E-state index in [2.05, 4.69) is 22.1 Å². The maximum Gasteiger partial charge on any atom is 0.232 e. The Bertz CT molecular complexity index is 496. The van der Waals surface area contributed by atoms with Gasteiger partial charge in [0, 0.05) is 44.2 Å². The van der Waals surface area contributed by atoms with E-state index in [1.807, 2.05) is 4.90 Å². The summed E-state index contributed by atoms with van der Waals surface area (Å²) in [6, 6.07) is 0. The summed E-state index contributed by atoms with van der Waals surface area (Å²) in [4.78, 5) is 22.6. The molecule has 1 unspecified atom stereocenters. The van der Waals surface area contributed by atoms with Crippen LogP contribution in [-0.4, -0.2) is 40.0 Å². The molecule has 0 radical (unpaired) electrons. The average Bonchev–Trinajstić information content (AvgIpc) is 2.57. The third-order valence-corrected chi connectivity index (χ3v) is 4.20. The Labute approximate surface area is 125 Å². The van der Waals surface area contributed by atoms with Crippen molar-refractivity contribution in [1.82, 2.24) is 14.9 Å². The van der Waals surface area contributed by atoms with E-state index in [1.54, 1.807) is 18.6 Å². The highest BCUT2D eigenvalue weighted by Gasteiger charge is 2.28. The molecule has 1 atom stereocenters. The van der Waals surface area contributed by atoms with Crippen LogP contribution in [0.3, 0.4) is 0 Å². The first-order chi connectivity index (χ1) is 10.3. The van der Waals surface area contributed by atoms with Crippen LogP contribution in [0, 0.1) is 5.92 Å². The number of rotatable bonds is 3. The van der Waals surface area contributed by atoms with Crippen LogP contribution in [-0.2, 0) is 4.79 Å². The molecule has 2 aliphatic rings. The van der Waals surface area contributed by atoms with E-state index in [-0.39, 0.29) is 12.0 Å². The molecule has 5 heteroatoms. The minimum Gasteiger partial charge on any atom is -0.473 e. The molecule has 1 aliphatic carbocycles. The van der Waals surface area contributed by atoms with E-state index in [1.165, 1.54) is 0 Å². The van der Waals surface area contributed by atoms with Gasteiger partial charge in [0.15, 0.2) is 0 Å². The Morgan fingerprint density at radius 3 is 2.71 bits per heavy atom. The van der Waals surface area contributed by atoms with Crippen molar-refractivity contribution < 1.29 is 9.53 Å². The molecule has 0 saturated carbocycles. The highest BCUT2D eigenvalue weighted by Crippen LogP contribution is 2.23. The first-order valence-corrected chi connectivity index (χ1v) is 7.69. The van der Waals surface area contributed by atoms with Crippen molar-refractivity contribution in [3.05, 3.63) is 30.7 Å². The second-order valence-electron chi connectivity index (χ2n) is 5.67. The smallest absolute Gasteiger partial charge is 0.232 e. The Hall–Kier alpha value is -1.91. The van der Waals surface area contributed by atoms with E-state index < -0.39 is 0 Å². The first-order valence-electron chi connectivity index (χ1n) is 7.69. The van der Waals surface area contributed by atoms with Gasteiger partial charge in [-0.25, -0.2) is 4.98 Å². The quantitative estimate of drug-likeness (QED) is 0.800. The van der Waals surface area contributed by atoms with Crippen LogP contribution < -0.4 is 4.74 Å². The Morgan fingerprint density at radius 1 is 1.19 bits per heavy atom. The van der Waals surface area contributed by atoms with Gasteiger partial charge in [-0.15, -0.1) is 0 Å². The summed E-state index contributed by atoms with van der Waals surface area (Å²) < 4.78 is 5.81. The summed E-state index contributed by atoms with van der Waals surface area (Å²) >= 11 is 0. The minimum absolute atomic E-state index is 0.136. The normalized spacial score (nSPS) is 23.0. The summed E-state index contributed by atoms with van der Waals surface area (Å²) in [6.07, 6.45) is 14.0. The van der Waals surface area contributed by atoms with Gasteiger partial charge in [-0.2, -0.15) is 0 Å². The fourth-order valence-corrected chi connectivity index (χ4v) is 2.99. The van der Waals surface area contributed by atoms with Crippen molar-refractivity contribution in [2.75, 3.05) is 13.1 Å². The molecule has 5 nitrogen and oxygen atoms in total. The van der Waals surface area contributed by atoms with Gasteiger partial charge in [0.1, 0.15) is 6.10 Å². The zero-order valence-corrected chi connectivity index (χ0v) is 12.1. The zero-order chi connectivity index (χ0) is 14.5. The van der Waals surface area contributed by atoms with Crippen LogP contribution >= 0.6 is 0 Å². The molecule has 0 bridgehead atoms. The van der Waals surface area contributed by atoms with Crippen LogP contribution in [0.1, 0.15) is 32.1 Å². The number of hydrogen-bond donors (Lipinski definition) is 0. The van der Waals surface area contributed by atoms with Gasteiger partial charge in [0.25, 0.3) is 0 Å². The van der Waals surface area contributed by atoms with Gasteiger partial charge < -0.3 is 9.64 Å². The molecule has 1 fully saturated rings. The van der Waals surface area contributed by atoms with Crippen molar-refractivity contribution in [2.45, 2.75) is 38.2 Å². The maximum absolute atomic E-state index is 12.4. The average molecular weight is 287 g/mol. The molecule has 1 aromatic heterocycles. The topological polar surface area (TPSA) is 55.3 Å². The summed E-state index contributed by atoms with van der Waals surface area (Å²) in [5.74, 6) is 1.07. The van der Waals surface area contributed by atoms with Gasteiger partial charge in [-0.3, -0.25) is 9.78 Å². The summed E-state index contributed by atoms with van der Waals surface area (Å²) in [6.45, 7) is 1.56. The van der Waals surface area contributed by atoms with Gasteiger partial charge >= 0.3 is 0 Å². The standard InChI is InChI=1S/C16H21N3O2/c20-16(13-4-2-1-3-5-13)19-10-6-14(7-11-19)21-15-12-17-8-9-18-15/h1-2,8-9,12-14H,3-7,10-11H2. The second kappa shape index (κ2) is 6.70. The van der Waals surface area contributed by atoms with Crippen molar-refractivity contribution in [2.24, 2.45) is 5.92 Å². The predicted octanol–water partition coefficient (Wildman–Crippen LogP) is 2.20. The first kappa shape index (κ1) is 14.0. The van der Waals surface area contributed by atoms with Crippen molar-refractivity contribution in [3.8, 4) is 5.88 Å². The molecule has 112 valence electrons. The number of carbonyl (C=O) groups excluding carboxylic acids is 1. The highest BCUT2D eigenvalue weighted by atomic mass is 16.5. The summed E-state index contributed by atoms with van der Waals surface area (Å²) in [5, 5.41) is 0. The van der Waals surface area contributed by atoms with Gasteiger partial charge in [0.05, 0.1) is 6.20 Å². The number of piperidine rings is 1. The molecule has 1 amide bonds. The van der Waals surface area contributed by atoms with Crippen molar-refractivity contribution in [3.63, 3.8) is 0 Å². The minimum atomic E-state index is 0.136. The molecule has 1 aromatic rings. The van der Waals surface area contributed by atoms with Gasteiger partial charge in [0.2, 0.25) is 11.8 Å². The zero-order valence-electron chi connectivity index (χ0n) is 12.1. The summed E-state index contributed by atoms with van der Waals surface area (Å²) in [5.41, 5.74) is 0. The monoisotopic (exact) mass is 287 g/mol. The SMILES string of the molecule is O=C(C1CC=CCC1)N1CCC(Oc2cnccn2)CC1. The molecule has 0 N–H and O–H groups in total. The molecular formula is C16H21N3O2. The van der Waals surface area contributed by atoms with E-state index >= 15 is 0 Å². The van der Waals surface area contributed by atoms with Crippen LogP contribution in [0.4, 0.5) is 0 Å². The molecule has 21 heavy (non-hydrogen) atoms. The second-order valence-corrected chi connectivity index (χ2v) is 5.67. The lowest BCUT2D eigenvalue weighted by atomic mass is 9.92. The maximum atomic E-state index is 12.4. The number of hydrogen-bond acceptors (Lipinski definition) is 4. The number of allylic oxidation sites excluding steroid dienone is 2. The molecule has 3 rings (SSSR count). The number of carbonyl (C=O) groups is 1. The predicted molar refractivity (Wildman–Crippen MR) is 78.7 cm³/mol. The fourth-order valence-electron chi connectivity index (χ4n) is 2.99. The number of amides is 1. The lowest BCUT2D eigenvalue weighted by Gasteiger charge is -2.34. The molecule has 1 aliphatic heterocycles. The lowest BCUT2D eigenvalue weighted by Crippen LogP contribution is -2.44. The third-order valence-electron chi connectivity index (χ3n) is 4.20. The van der Waals surface area contributed by atoms with Crippen LogP contribution in [0.2, 0.25) is 0 Å². The summed E-state index contributed by atoms with van der Waals surface area (Å²) in [7, 11) is 0. The fraction of sp³-hybridized carbons (Fsp3) is 0.562. The van der Waals surface area contributed by atoms with Crippen LogP contribution in [0.15, 0.2) is 30.7 Å². The van der Waals surface area contributed by atoms with Crippen LogP contribution in [0.25, 0.3) is 0 Å². The van der Waals surface area contributed by atoms with E-state index in [4.69, 9.17) is 4.74 Å². The van der Waals surface area contributed by atoms with Crippen molar-refractivity contribution >= 4 is 5.91 Å². The van der Waals surface area contributed by atoms with E-state index in [0.717, 1.165) is 45.2 Å². The highest BCUT2D eigenvalue weighted by molar-refractivity contribution is 5.79. The Kier molecular flexibility index (Phi) is 4.48. The Morgan fingerprint density at radius 2 is 2.05 bits per heavy atom. The molecule has 2 heterocycles. The van der Waals surface area contributed by atoms with Crippen LogP contribution in [0.5, 0.6) is 5.88 Å². The molecule has 0 spiro atoms. The Balaban J connectivity index is 1.48. The molecular weight excluding hydrogens is 266 g/mol. The number of likely N-dealkylation sites (tertiary alicyclic amines) is 1. The van der Waals surface area contributed by atoms with E-state index in [9.17, 15) is 4.79 Å².